The third-order valence-electron chi connectivity index (χ3n) is 1.59. The van der Waals surface area contributed by atoms with E-state index in [1.54, 1.807) is 0 Å². The van der Waals surface area contributed by atoms with Crippen molar-refractivity contribution in [1.82, 2.24) is 4.98 Å². The highest BCUT2D eigenvalue weighted by atomic mass is 19.3. The first-order chi connectivity index (χ1) is 6.08. The van der Waals surface area contributed by atoms with Gasteiger partial charge in [-0.25, -0.2) is 13.2 Å². The molecule has 0 radical (unpaired) electrons. The van der Waals surface area contributed by atoms with Gasteiger partial charge in [-0.3, -0.25) is 4.98 Å². The summed E-state index contributed by atoms with van der Waals surface area (Å²) in [6.07, 6.45) is 1.03. The highest BCUT2D eigenvalue weighted by Gasteiger charge is 2.33. The van der Waals surface area contributed by atoms with Crippen molar-refractivity contribution < 1.29 is 18.3 Å². The number of aliphatic hydroxyl groups is 1. The third kappa shape index (κ3) is 2.18. The molecule has 0 aliphatic rings. The van der Waals surface area contributed by atoms with Crippen molar-refractivity contribution in [3.8, 4) is 0 Å². The van der Waals surface area contributed by atoms with Crippen molar-refractivity contribution in [1.29, 1.82) is 0 Å². The van der Waals surface area contributed by atoms with Gasteiger partial charge in [0, 0.05) is 19.2 Å². The van der Waals surface area contributed by atoms with E-state index in [-0.39, 0.29) is 0 Å². The summed E-state index contributed by atoms with van der Waals surface area (Å²) in [6.45, 7) is -0.686. The molecule has 0 amide bonds. The van der Waals surface area contributed by atoms with Crippen molar-refractivity contribution in [3.63, 3.8) is 0 Å². The van der Waals surface area contributed by atoms with Crippen LogP contribution < -0.4 is 0 Å². The van der Waals surface area contributed by atoms with Gasteiger partial charge in [-0.05, 0) is 6.07 Å². The van der Waals surface area contributed by atoms with E-state index in [1.165, 1.54) is 0 Å². The average molecular weight is 191 g/mol. The molecule has 0 saturated carbocycles. The number of hydrogen-bond donors (Lipinski definition) is 1. The van der Waals surface area contributed by atoms with Crippen LogP contribution in [0, 0.1) is 5.82 Å². The SMILES string of the molecule is OCCC(F)(F)c1ccncc1F. The fourth-order valence-electron chi connectivity index (χ4n) is 0.947. The Hall–Kier alpha value is -1.10. The first kappa shape index (κ1) is 9.98. The molecule has 0 bridgehead atoms. The van der Waals surface area contributed by atoms with E-state index in [0.29, 0.717) is 0 Å². The molecule has 0 aliphatic carbocycles. The molecule has 1 rings (SSSR count). The molecule has 2 nitrogen and oxygen atoms in total. The van der Waals surface area contributed by atoms with E-state index in [1.807, 2.05) is 0 Å². The van der Waals surface area contributed by atoms with Gasteiger partial charge in [0.15, 0.2) is 5.82 Å². The number of aromatic nitrogens is 1. The summed E-state index contributed by atoms with van der Waals surface area (Å²) >= 11 is 0. The van der Waals surface area contributed by atoms with E-state index < -0.39 is 30.3 Å². The van der Waals surface area contributed by atoms with Gasteiger partial charge in [0.25, 0.3) is 5.92 Å². The Kier molecular flexibility index (Phi) is 2.87. The summed E-state index contributed by atoms with van der Waals surface area (Å²) in [5, 5.41) is 8.34. The number of pyridine rings is 1. The lowest BCUT2D eigenvalue weighted by atomic mass is 10.1. The van der Waals surface area contributed by atoms with E-state index in [2.05, 4.69) is 4.98 Å². The minimum Gasteiger partial charge on any atom is -0.396 e. The quantitative estimate of drug-likeness (QED) is 0.788. The van der Waals surface area contributed by atoms with Crippen molar-refractivity contribution >= 4 is 0 Å². The first-order valence-corrected chi connectivity index (χ1v) is 3.66. The Morgan fingerprint density at radius 1 is 1.46 bits per heavy atom. The second-order valence-electron chi connectivity index (χ2n) is 2.53. The van der Waals surface area contributed by atoms with Crippen LogP contribution in [0.25, 0.3) is 0 Å². The lowest BCUT2D eigenvalue weighted by molar-refractivity contribution is -0.0301. The van der Waals surface area contributed by atoms with Crippen LogP contribution in [0.1, 0.15) is 12.0 Å². The maximum atomic E-state index is 13.0. The maximum Gasteiger partial charge on any atom is 0.278 e. The standard InChI is InChI=1S/C8H8F3NO/c9-7-5-12-3-1-6(7)8(10,11)2-4-13/h1,3,5,13H,2,4H2. The van der Waals surface area contributed by atoms with Gasteiger partial charge in [-0.15, -0.1) is 0 Å². The first-order valence-electron chi connectivity index (χ1n) is 3.66. The molecule has 1 aromatic heterocycles. The molecule has 1 heterocycles. The van der Waals surface area contributed by atoms with Crippen LogP contribution in [-0.4, -0.2) is 16.7 Å². The van der Waals surface area contributed by atoms with Crippen LogP contribution in [0.5, 0.6) is 0 Å². The Morgan fingerprint density at radius 3 is 2.69 bits per heavy atom. The van der Waals surface area contributed by atoms with Crippen LogP contribution in [0.15, 0.2) is 18.5 Å². The minimum atomic E-state index is -3.33. The summed E-state index contributed by atoms with van der Waals surface area (Å²) in [5.41, 5.74) is -0.725. The van der Waals surface area contributed by atoms with Gasteiger partial charge in [-0.1, -0.05) is 0 Å². The highest BCUT2D eigenvalue weighted by Crippen LogP contribution is 2.32. The minimum absolute atomic E-state index is 0.686. The molecule has 72 valence electrons. The molecular formula is C8H8F3NO. The molecule has 13 heavy (non-hydrogen) atoms. The topological polar surface area (TPSA) is 33.1 Å². The molecule has 1 N–H and O–H groups in total. The lowest BCUT2D eigenvalue weighted by Crippen LogP contribution is -2.17. The molecule has 5 heteroatoms. The Morgan fingerprint density at radius 2 is 2.15 bits per heavy atom. The number of halogens is 3. The molecule has 0 atom stereocenters. The Bertz CT molecular complexity index is 290. The largest absolute Gasteiger partial charge is 0.396 e. The van der Waals surface area contributed by atoms with Crippen molar-refractivity contribution in [2.75, 3.05) is 6.61 Å². The summed E-state index contributed by atoms with van der Waals surface area (Å²) in [6, 6.07) is 0.908. The van der Waals surface area contributed by atoms with Crippen LogP contribution >= 0.6 is 0 Å². The summed E-state index contributed by atoms with van der Waals surface area (Å²) < 4.78 is 38.8. The fraction of sp³-hybridized carbons (Fsp3) is 0.375. The van der Waals surface area contributed by atoms with Gasteiger partial charge in [-0.2, -0.15) is 0 Å². The van der Waals surface area contributed by atoms with Crippen LogP contribution in [0.3, 0.4) is 0 Å². The van der Waals surface area contributed by atoms with Crippen molar-refractivity contribution in [2.24, 2.45) is 0 Å². The van der Waals surface area contributed by atoms with E-state index in [0.717, 1.165) is 18.5 Å². The maximum absolute atomic E-state index is 13.0. The van der Waals surface area contributed by atoms with Crippen molar-refractivity contribution in [3.05, 3.63) is 29.8 Å². The van der Waals surface area contributed by atoms with Crippen molar-refractivity contribution in [2.45, 2.75) is 12.3 Å². The van der Waals surface area contributed by atoms with Gasteiger partial charge in [0.05, 0.1) is 11.8 Å². The predicted octanol–water partition coefficient (Wildman–Crippen LogP) is 1.69. The predicted molar refractivity (Wildman–Crippen MR) is 39.8 cm³/mol. The normalized spacial score (nSPS) is 11.7. The molecule has 0 fully saturated rings. The van der Waals surface area contributed by atoms with Crippen LogP contribution in [0.4, 0.5) is 13.2 Å². The third-order valence-corrected chi connectivity index (χ3v) is 1.59. The van der Waals surface area contributed by atoms with E-state index >= 15 is 0 Å². The zero-order chi connectivity index (χ0) is 9.90. The molecule has 1 aromatic rings. The number of hydrogen-bond acceptors (Lipinski definition) is 2. The lowest BCUT2D eigenvalue weighted by Gasteiger charge is -2.15. The molecule has 0 unspecified atom stereocenters. The van der Waals surface area contributed by atoms with Gasteiger partial charge in [0.1, 0.15) is 0 Å². The van der Waals surface area contributed by atoms with Gasteiger partial charge in [0.2, 0.25) is 0 Å². The molecule has 0 aromatic carbocycles. The smallest absolute Gasteiger partial charge is 0.278 e. The number of aliphatic hydroxyl groups excluding tert-OH is 1. The fourth-order valence-corrected chi connectivity index (χ4v) is 0.947. The van der Waals surface area contributed by atoms with Gasteiger partial charge < -0.3 is 5.11 Å². The second-order valence-corrected chi connectivity index (χ2v) is 2.53. The molecule has 0 saturated heterocycles. The number of rotatable bonds is 3. The Labute approximate surface area is 73.0 Å². The van der Waals surface area contributed by atoms with Crippen LogP contribution in [-0.2, 0) is 5.92 Å². The highest BCUT2D eigenvalue weighted by molar-refractivity contribution is 5.18. The van der Waals surface area contributed by atoms with Gasteiger partial charge >= 0.3 is 0 Å². The monoisotopic (exact) mass is 191 g/mol. The average Bonchev–Trinajstić information content (AvgIpc) is 2.04. The van der Waals surface area contributed by atoms with E-state index in [9.17, 15) is 13.2 Å². The Balaban J connectivity index is 2.99. The number of alkyl halides is 2. The summed E-state index contributed by atoms with van der Waals surface area (Å²) in [4.78, 5) is 3.35. The number of nitrogens with zero attached hydrogens (tertiary/aromatic N) is 1. The van der Waals surface area contributed by atoms with Crippen LogP contribution in [0.2, 0.25) is 0 Å². The summed E-state index contributed by atoms with van der Waals surface area (Å²) in [7, 11) is 0. The zero-order valence-electron chi connectivity index (χ0n) is 6.67. The van der Waals surface area contributed by atoms with E-state index in [4.69, 9.17) is 5.11 Å². The molecular weight excluding hydrogens is 183 g/mol. The zero-order valence-corrected chi connectivity index (χ0v) is 6.67. The second kappa shape index (κ2) is 3.74. The molecule has 0 aliphatic heterocycles. The molecule has 0 spiro atoms. The summed E-state index contributed by atoms with van der Waals surface area (Å²) in [5.74, 6) is -4.39.